The summed E-state index contributed by atoms with van der Waals surface area (Å²) in [6.07, 6.45) is -0.366. The lowest BCUT2D eigenvalue weighted by atomic mass is 10.0. The third kappa shape index (κ3) is 6.30. The number of amides is 2. The van der Waals surface area contributed by atoms with Crippen molar-refractivity contribution in [1.82, 2.24) is 15.5 Å². The highest BCUT2D eigenvalue weighted by molar-refractivity contribution is 5.97. The van der Waals surface area contributed by atoms with Gasteiger partial charge in [0.15, 0.2) is 5.67 Å². The van der Waals surface area contributed by atoms with E-state index in [0.29, 0.717) is 17.1 Å². The summed E-state index contributed by atoms with van der Waals surface area (Å²) in [5.41, 5.74) is -0.531. The van der Waals surface area contributed by atoms with Crippen molar-refractivity contribution in [3.8, 4) is 11.5 Å². The lowest BCUT2D eigenvalue weighted by Gasteiger charge is -2.22. The maximum absolute atomic E-state index is 14.8. The highest BCUT2D eigenvalue weighted by Crippen LogP contribution is 2.31. The quantitative estimate of drug-likeness (QED) is 0.483. The summed E-state index contributed by atoms with van der Waals surface area (Å²) in [5.74, 6) is -1.32. The minimum atomic E-state index is -1.94. The molecule has 2 atom stereocenters. The number of rotatable bonds is 10. The Balaban J connectivity index is 1.55. The summed E-state index contributed by atoms with van der Waals surface area (Å²) in [5, 5.41) is 14.9. The Morgan fingerprint density at radius 2 is 1.74 bits per heavy atom. The molecule has 0 unspecified atom stereocenters. The molecule has 34 heavy (non-hydrogen) atoms. The molecule has 2 aromatic carbocycles. The summed E-state index contributed by atoms with van der Waals surface area (Å²) in [6, 6.07) is 12.6. The fraction of sp³-hybridized carbons (Fsp3) is 0.375. The van der Waals surface area contributed by atoms with Crippen LogP contribution in [0.1, 0.15) is 22.3 Å². The standard InChI is InChI=1S/C24H28FN3O6/c1-26-12-16-3-7-18(8-4-16)34-19-9-5-17(6-10-19)22(30)27-13-21(29)28-14-24(25,15-33-2)11-20(28)23(31)32/h3-10,20,26H,11-15H2,1-2H3,(H,27,30)(H,31,32)/t20-,24+/m0/s1. The molecule has 0 aromatic heterocycles. The summed E-state index contributed by atoms with van der Waals surface area (Å²) in [4.78, 5) is 37.4. The number of nitrogens with zero attached hydrogens (tertiary/aromatic N) is 1. The monoisotopic (exact) mass is 473 g/mol. The molecule has 1 heterocycles. The maximum atomic E-state index is 14.8. The lowest BCUT2D eigenvalue weighted by molar-refractivity contribution is -0.147. The number of methoxy groups -OCH3 is 1. The van der Waals surface area contributed by atoms with Crippen molar-refractivity contribution in [2.75, 3.05) is 33.9 Å². The first-order valence-electron chi connectivity index (χ1n) is 10.7. The SMILES string of the molecule is CNCc1ccc(Oc2ccc(C(=O)NCC(=O)N3C[C@@](F)(COC)C[C@H]3C(=O)O)cc2)cc1. The molecular weight excluding hydrogens is 445 g/mol. The number of halogens is 1. The van der Waals surface area contributed by atoms with Gasteiger partial charge in [0, 0.05) is 25.6 Å². The molecule has 1 saturated heterocycles. The van der Waals surface area contributed by atoms with E-state index in [-0.39, 0.29) is 13.0 Å². The summed E-state index contributed by atoms with van der Waals surface area (Å²) in [6.45, 7) is -0.429. The van der Waals surface area contributed by atoms with Crippen LogP contribution < -0.4 is 15.4 Å². The van der Waals surface area contributed by atoms with Crippen LogP contribution in [-0.2, 0) is 20.9 Å². The van der Waals surface area contributed by atoms with E-state index >= 15 is 0 Å². The molecule has 2 amide bonds. The zero-order valence-electron chi connectivity index (χ0n) is 19.0. The van der Waals surface area contributed by atoms with Crippen LogP contribution in [-0.4, -0.2) is 73.4 Å². The van der Waals surface area contributed by atoms with Crippen LogP contribution in [0.2, 0.25) is 0 Å². The van der Waals surface area contributed by atoms with Gasteiger partial charge in [-0.2, -0.15) is 0 Å². The Morgan fingerprint density at radius 3 is 2.29 bits per heavy atom. The van der Waals surface area contributed by atoms with Gasteiger partial charge in [-0.25, -0.2) is 9.18 Å². The fourth-order valence-electron chi connectivity index (χ4n) is 3.83. The van der Waals surface area contributed by atoms with E-state index in [1.165, 1.54) is 7.11 Å². The van der Waals surface area contributed by atoms with Gasteiger partial charge in [0.05, 0.1) is 19.7 Å². The minimum Gasteiger partial charge on any atom is -0.480 e. The molecule has 0 spiro atoms. The largest absolute Gasteiger partial charge is 0.480 e. The molecule has 10 heteroatoms. The molecule has 2 aromatic rings. The summed E-state index contributed by atoms with van der Waals surface area (Å²) in [7, 11) is 3.17. The molecule has 1 fully saturated rings. The number of hydrogen-bond acceptors (Lipinski definition) is 6. The van der Waals surface area contributed by atoms with Gasteiger partial charge >= 0.3 is 5.97 Å². The topological polar surface area (TPSA) is 117 Å². The molecule has 0 radical (unpaired) electrons. The summed E-state index contributed by atoms with van der Waals surface area (Å²) < 4.78 is 25.3. The number of hydrogen-bond donors (Lipinski definition) is 3. The number of carbonyl (C=O) groups is 3. The highest BCUT2D eigenvalue weighted by Gasteiger charge is 2.49. The number of carboxylic acids is 1. The van der Waals surface area contributed by atoms with E-state index in [1.54, 1.807) is 24.3 Å². The second-order valence-electron chi connectivity index (χ2n) is 8.15. The molecule has 1 aliphatic heterocycles. The molecule has 9 nitrogen and oxygen atoms in total. The van der Waals surface area contributed by atoms with Gasteiger partial charge in [0.25, 0.3) is 5.91 Å². The minimum absolute atomic E-state index is 0.292. The van der Waals surface area contributed by atoms with E-state index < -0.39 is 42.6 Å². The van der Waals surface area contributed by atoms with Crippen molar-refractivity contribution >= 4 is 17.8 Å². The fourth-order valence-corrected chi connectivity index (χ4v) is 3.83. The Labute approximate surface area is 196 Å². The Bertz CT molecular complexity index is 1010. The number of alkyl halides is 1. The number of aliphatic carboxylic acids is 1. The van der Waals surface area contributed by atoms with Crippen LogP contribution in [0.4, 0.5) is 4.39 Å². The number of likely N-dealkylation sites (tertiary alicyclic amines) is 1. The van der Waals surface area contributed by atoms with E-state index in [0.717, 1.165) is 17.0 Å². The van der Waals surface area contributed by atoms with Crippen LogP contribution in [0.25, 0.3) is 0 Å². The molecule has 3 N–H and O–H groups in total. The Kier molecular flexibility index (Phi) is 8.19. The van der Waals surface area contributed by atoms with Gasteiger partial charge in [-0.05, 0) is 49.0 Å². The molecule has 3 rings (SSSR count). The maximum Gasteiger partial charge on any atom is 0.326 e. The molecule has 1 aliphatic rings. The van der Waals surface area contributed by atoms with Crippen LogP contribution in [0.15, 0.2) is 48.5 Å². The normalized spacial score (nSPS) is 19.6. The number of nitrogens with one attached hydrogen (secondary N) is 2. The Morgan fingerprint density at radius 1 is 1.12 bits per heavy atom. The lowest BCUT2D eigenvalue weighted by Crippen LogP contribution is -2.46. The van der Waals surface area contributed by atoms with E-state index in [1.807, 2.05) is 31.3 Å². The van der Waals surface area contributed by atoms with Crippen molar-refractivity contribution in [3.63, 3.8) is 0 Å². The van der Waals surface area contributed by atoms with Gasteiger partial charge in [0.2, 0.25) is 5.91 Å². The van der Waals surface area contributed by atoms with Gasteiger partial charge in [0.1, 0.15) is 17.5 Å². The van der Waals surface area contributed by atoms with Gasteiger partial charge in [-0.1, -0.05) is 12.1 Å². The van der Waals surface area contributed by atoms with Crippen LogP contribution in [0.3, 0.4) is 0 Å². The number of benzene rings is 2. The van der Waals surface area contributed by atoms with E-state index in [4.69, 9.17) is 9.47 Å². The molecular formula is C24H28FN3O6. The second-order valence-corrected chi connectivity index (χ2v) is 8.15. The third-order valence-electron chi connectivity index (χ3n) is 5.45. The second kappa shape index (κ2) is 11.1. The highest BCUT2D eigenvalue weighted by atomic mass is 19.1. The van der Waals surface area contributed by atoms with Crippen LogP contribution in [0, 0.1) is 0 Å². The molecule has 0 bridgehead atoms. The molecule has 182 valence electrons. The van der Waals surface area contributed by atoms with E-state index in [9.17, 15) is 23.9 Å². The number of ether oxygens (including phenoxy) is 2. The zero-order chi connectivity index (χ0) is 24.7. The average molecular weight is 474 g/mol. The predicted molar refractivity (Wildman–Crippen MR) is 122 cm³/mol. The Hall–Kier alpha value is -3.50. The number of carboxylic acid groups (broad SMARTS) is 1. The molecule has 0 saturated carbocycles. The van der Waals surface area contributed by atoms with Gasteiger partial charge in [-0.3, -0.25) is 9.59 Å². The zero-order valence-corrected chi connectivity index (χ0v) is 19.0. The average Bonchev–Trinajstić information content (AvgIpc) is 3.17. The van der Waals surface area contributed by atoms with Crippen molar-refractivity contribution in [1.29, 1.82) is 0 Å². The van der Waals surface area contributed by atoms with Crippen molar-refractivity contribution in [3.05, 3.63) is 59.7 Å². The van der Waals surface area contributed by atoms with Gasteiger partial charge < -0.3 is 30.1 Å². The van der Waals surface area contributed by atoms with Crippen molar-refractivity contribution in [2.24, 2.45) is 0 Å². The smallest absolute Gasteiger partial charge is 0.326 e. The van der Waals surface area contributed by atoms with Gasteiger partial charge in [-0.15, -0.1) is 0 Å². The molecule has 0 aliphatic carbocycles. The summed E-state index contributed by atoms with van der Waals surface area (Å²) >= 11 is 0. The van der Waals surface area contributed by atoms with Crippen molar-refractivity contribution < 1.29 is 33.4 Å². The first-order valence-corrected chi connectivity index (χ1v) is 10.7. The van der Waals surface area contributed by atoms with E-state index in [2.05, 4.69) is 10.6 Å². The van der Waals surface area contributed by atoms with Crippen LogP contribution in [0.5, 0.6) is 11.5 Å². The van der Waals surface area contributed by atoms with Crippen LogP contribution >= 0.6 is 0 Å². The first kappa shape index (κ1) is 25.1. The predicted octanol–water partition coefficient (Wildman–Crippen LogP) is 1.97. The van der Waals surface area contributed by atoms with Crippen molar-refractivity contribution in [2.45, 2.75) is 24.7 Å². The number of carbonyl (C=O) groups excluding carboxylic acids is 2. The third-order valence-corrected chi connectivity index (χ3v) is 5.45. The first-order chi connectivity index (χ1) is 16.2.